The van der Waals surface area contributed by atoms with E-state index in [2.05, 4.69) is 10.3 Å². The number of amides is 2. The van der Waals surface area contributed by atoms with E-state index in [-0.39, 0.29) is 23.6 Å². The maximum absolute atomic E-state index is 11.7. The van der Waals surface area contributed by atoms with Gasteiger partial charge in [0.1, 0.15) is 5.84 Å². The predicted molar refractivity (Wildman–Crippen MR) is 84.0 cm³/mol. The number of hydrogen-bond acceptors (Lipinski definition) is 2. The van der Waals surface area contributed by atoms with Crippen LogP contribution in [0.1, 0.15) is 43.0 Å². The normalized spacial score (nSPS) is 11.6. The Kier molecular flexibility index (Phi) is 5.64. The zero-order chi connectivity index (χ0) is 16.2. The second-order valence-electron chi connectivity index (χ2n) is 5.43. The van der Waals surface area contributed by atoms with Crippen LogP contribution in [0.4, 0.5) is 0 Å². The van der Waals surface area contributed by atoms with Gasteiger partial charge in [-0.1, -0.05) is 26.0 Å². The summed E-state index contributed by atoms with van der Waals surface area (Å²) in [5.41, 5.74) is 9.53. The Labute approximate surface area is 125 Å². The van der Waals surface area contributed by atoms with Crippen LogP contribution in [0.15, 0.2) is 17.1 Å². The van der Waals surface area contributed by atoms with Crippen LogP contribution in [0.2, 0.25) is 0 Å². The molecule has 0 spiro atoms. The van der Waals surface area contributed by atoms with Crippen molar-refractivity contribution in [1.82, 2.24) is 5.32 Å². The number of carbonyl (C=O) groups is 2. The highest BCUT2D eigenvalue weighted by Gasteiger charge is 2.13. The predicted octanol–water partition coefficient (Wildman–Crippen LogP) is 1.83. The Hall–Kier alpha value is -2.17. The quantitative estimate of drug-likeness (QED) is 0.655. The van der Waals surface area contributed by atoms with E-state index in [1.165, 1.54) is 6.92 Å². The molecule has 1 rings (SSSR count). The molecule has 0 aliphatic rings. The molecule has 0 atom stereocenters. The fraction of sp³-hybridized carbons (Fsp3) is 0.438. The van der Waals surface area contributed by atoms with E-state index in [9.17, 15) is 9.59 Å². The number of nitrogens with one attached hydrogen (secondary N) is 1. The van der Waals surface area contributed by atoms with Crippen molar-refractivity contribution in [1.29, 1.82) is 0 Å². The van der Waals surface area contributed by atoms with Crippen molar-refractivity contribution in [3.05, 3.63) is 34.4 Å². The minimum absolute atomic E-state index is 0.00176. The minimum atomic E-state index is -0.329. The second kappa shape index (κ2) is 7.02. The van der Waals surface area contributed by atoms with Crippen molar-refractivity contribution >= 4 is 17.6 Å². The molecule has 2 amide bonds. The molecule has 0 heterocycles. The number of nitrogens with two attached hydrogens (primary N) is 1. The lowest BCUT2D eigenvalue weighted by Crippen LogP contribution is -2.28. The summed E-state index contributed by atoms with van der Waals surface area (Å²) in [5.74, 6) is -0.166. The van der Waals surface area contributed by atoms with Crippen LogP contribution < -0.4 is 11.1 Å². The van der Waals surface area contributed by atoms with Crippen LogP contribution in [0, 0.1) is 19.8 Å². The van der Waals surface area contributed by atoms with Crippen LogP contribution in [0.5, 0.6) is 0 Å². The Morgan fingerprint density at radius 3 is 2.43 bits per heavy atom. The number of hydrogen-bond donors (Lipinski definition) is 2. The maximum Gasteiger partial charge on any atom is 0.244 e. The van der Waals surface area contributed by atoms with E-state index in [1.54, 1.807) is 0 Å². The van der Waals surface area contributed by atoms with Crippen molar-refractivity contribution in [3.63, 3.8) is 0 Å². The van der Waals surface area contributed by atoms with Gasteiger partial charge in [0, 0.05) is 24.9 Å². The summed E-state index contributed by atoms with van der Waals surface area (Å²) in [5, 5.41) is 2.88. The van der Waals surface area contributed by atoms with E-state index in [1.807, 2.05) is 39.8 Å². The fourth-order valence-corrected chi connectivity index (χ4v) is 2.09. The lowest BCUT2D eigenvalue weighted by molar-refractivity contribution is -0.124. The van der Waals surface area contributed by atoms with Crippen molar-refractivity contribution in [2.75, 3.05) is 0 Å². The van der Waals surface area contributed by atoms with Crippen LogP contribution in [0.25, 0.3) is 0 Å². The maximum atomic E-state index is 11.7. The average molecular weight is 289 g/mol. The van der Waals surface area contributed by atoms with Gasteiger partial charge in [0.25, 0.3) is 0 Å². The molecule has 0 aromatic heterocycles. The van der Waals surface area contributed by atoms with Gasteiger partial charge in [-0.25, -0.2) is 0 Å². The number of amidine groups is 1. The molecule has 0 aliphatic carbocycles. The Bertz CT molecular complexity index is 589. The lowest BCUT2D eigenvalue weighted by atomic mass is 9.96. The standard InChI is InChI=1S/C16H23N3O2/c1-9(2)16(21)18-8-13-7-6-10(3)14(11(13)4)15(17)19-12(5)20/h6-7,9H,8H2,1-5H3,(H,18,21)(H2,17,19,20). The number of aliphatic imine (C=N–C) groups is 1. The molecule has 0 bridgehead atoms. The molecular weight excluding hydrogens is 266 g/mol. The van der Waals surface area contributed by atoms with Crippen LogP contribution in [-0.4, -0.2) is 17.6 Å². The van der Waals surface area contributed by atoms with E-state index in [4.69, 9.17) is 5.73 Å². The number of benzene rings is 1. The summed E-state index contributed by atoms with van der Waals surface area (Å²) < 4.78 is 0. The van der Waals surface area contributed by atoms with Gasteiger partial charge >= 0.3 is 0 Å². The first-order chi connectivity index (χ1) is 9.73. The van der Waals surface area contributed by atoms with Crippen LogP contribution >= 0.6 is 0 Å². The van der Waals surface area contributed by atoms with Gasteiger partial charge in [0.2, 0.25) is 11.8 Å². The molecule has 0 radical (unpaired) electrons. The van der Waals surface area contributed by atoms with Crippen molar-refractivity contribution in [3.8, 4) is 0 Å². The lowest BCUT2D eigenvalue weighted by Gasteiger charge is -2.15. The number of rotatable bonds is 4. The van der Waals surface area contributed by atoms with Gasteiger partial charge < -0.3 is 11.1 Å². The zero-order valence-electron chi connectivity index (χ0n) is 13.3. The Morgan fingerprint density at radius 2 is 1.90 bits per heavy atom. The molecule has 3 N–H and O–H groups in total. The third kappa shape index (κ3) is 4.41. The smallest absolute Gasteiger partial charge is 0.244 e. The largest absolute Gasteiger partial charge is 0.383 e. The van der Waals surface area contributed by atoms with Gasteiger partial charge in [-0.05, 0) is 30.5 Å². The third-order valence-electron chi connectivity index (χ3n) is 3.30. The molecule has 5 nitrogen and oxygen atoms in total. The van der Waals surface area contributed by atoms with Gasteiger partial charge in [0.05, 0.1) is 0 Å². The molecule has 0 saturated carbocycles. The topological polar surface area (TPSA) is 84.6 Å². The molecule has 114 valence electrons. The molecule has 0 unspecified atom stereocenters. The highest BCUT2D eigenvalue weighted by Crippen LogP contribution is 2.18. The second-order valence-corrected chi connectivity index (χ2v) is 5.43. The minimum Gasteiger partial charge on any atom is -0.383 e. The number of aryl methyl sites for hydroxylation is 1. The van der Waals surface area contributed by atoms with Crippen molar-refractivity contribution in [2.24, 2.45) is 16.6 Å². The van der Waals surface area contributed by atoms with E-state index < -0.39 is 0 Å². The summed E-state index contributed by atoms with van der Waals surface area (Å²) >= 11 is 0. The summed E-state index contributed by atoms with van der Waals surface area (Å²) in [7, 11) is 0. The van der Waals surface area contributed by atoms with Crippen LogP contribution in [-0.2, 0) is 16.1 Å². The molecule has 21 heavy (non-hydrogen) atoms. The monoisotopic (exact) mass is 289 g/mol. The Balaban J connectivity index is 3.10. The molecule has 5 heteroatoms. The number of carbonyl (C=O) groups excluding carboxylic acids is 2. The average Bonchev–Trinajstić information content (AvgIpc) is 2.36. The first kappa shape index (κ1) is 16.9. The van der Waals surface area contributed by atoms with Gasteiger partial charge in [0.15, 0.2) is 0 Å². The van der Waals surface area contributed by atoms with Crippen molar-refractivity contribution in [2.45, 2.75) is 41.2 Å². The zero-order valence-corrected chi connectivity index (χ0v) is 13.3. The van der Waals surface area contributed by atoms with E-state index in [0.29, 0.717) is 6.54 Å². The first-order valence-electron chi connectivity index (χ1n) is 6.96. The van der Waals surface area contributed by atoms with Gasteiger partial charge in [-0.15, -0.1) is 0 Å². The van der Waals surface area contributed by atoms with Crippen LogP contribution in [0.3, 0.4) is 0 Å². The third-order valence-corrected chi connectivity index (χ3v) is 3.30. The van der Waals surface area contributed by atoms with Gasteiger partial charge in [-0.3, -0.25) is 9.59 Å². The van der Waals surface area contributed by atoms with E-state index in [0.717, 1.165) is 22.3 Å². The summed E-state index contributed by atoms with van der Waals surface area (Å²) in [6.45, 7) is 9.33. The Morgan fingerprint density at radius 1 is 1.29 bits per heavy atom. The highest BCUT2D eigenvalue weighted by atomic mass is 16.2. The molecular formula is C16H23N3O2. The van der Waals surface area contributed by atoms with Gasteiger partial charge in [-0.2, -0.15) is 4.99 Å². The molecule has 0 fully saturated rings. The summed E-state index contributed by atoms with van der Waals surface area (Å²) in [6.07, 6.45) is 0. The molecule has 0 saturated heterocycles. The summed E-state index contributed by atoms with van der Waals surface area (Å²) in [4.78, 5) is 26.6. The molecule has 0 aliphatic heterocycles. The fourth-order valence-electron chi connectivity index (χ4n) is 2.09. The molecule has 1 aromatic rings. The SMILES string of the molecule is CC(=O)N=C(N)c1c(C)ccc(CNC(=O)C(C)C)c1C. The summed E-state index contributed by atoms with van der Waals surface area (Å²) in [6, 6.07) is 3.87. The molecule has 1 aromatic carbocycles. The first-order valence-corrected chi connectivity index (χ1v) is 6.96. The number of nitrogens with zero attached hydrogens (tertiary/aromatic N) is 1. The van der Waals surface area contributed by atoms with E-state index >= 15 is 0 Å². The highest BCUT2D eigenvalue weighted by molar-refractivity contribution is 6.05. The van der Waals surface area contributed by atoms with Crippen molar-refractivity contribution < 1.29 is 9.59 Å².